The largest absolute Gasteiger partial charge is 0.397 e. The lowest BCUT2D eigenvalue weighted by molar-refractivity contribution is -0.00460. The number of methoxy groups -OCH3 is 1. The van der Waals surface area contributed by atoms with Gasteiger partial charge in [0, 0.05) is 20.2 Å². The molecule has 0 bridgehead atoms. The van der Waals surface area contributed by atoms with Crippen LogP contribution in [-0.2, 0) is 4.74 Å². The van der Waals surface area contributed by atoms with Gasteiger partial charge in [0.2, 0.25) is 0 Å². The van der Waals surface area contributed by atoms with E-state index in [2.05, 4.69) is 22.1 Å². The lowest BCUT2D eigenvalue weighted by atomic mass is 9.94. The molecule has 0 amide bonds. The number of nitrogens with two attached hydrogens (primary N) is 1. The number of fused-ring (bicyclic) bond motifs is 1. The molecule has 2 aromatic rings. The molecule has 19 heavy (non-hydrogen) atoms. The molecule has 6 nitrogen and oxygen atoms in total. The summed E-state index contributed by atoms with van der Waals surface area (Å²) in [6.07, 6.45) is 2.15. The van der Waals surface area contributed by atoms with Crippen molar-refractivity contribution < 1.29 is 9.37 Å². The Morgan fingerprint density at radius 3 is 2.95 bits per heavy atom. The number of aromatic nitrogens is 2. The molecule has 0 spiro atoms. The molecule has 0 aliphatic carbocycles. The van der Waals surface area contributed by atoms with Crippen LogP contribution in [0.4, 0.5) is 11.4 Å². The third-order valence-corrected chi connectivity index (χ3v) is 3.92. The lowest BCUT2D eigenvalue weighted by Crippen LogP contribution is -2.47. The van der Waals surface area contributed by atoms with Crippen LogP contribution in [0, 0.1) is 0 Å². The number of nitrogens with zero attached hydrogens (tertiary/aromatic N) is 3. The van der Waals surface area contributed by atoms with E-state index in [0.717, 1.165) is 37.1 Å². The summed E-state index contributed by atoms with van der Waals surface area (Å²) < 4.78 is 10.4. The Morgan fingerprint density at radius 2 is 2.16 bits per heavy atom. The molecule has 0 saturated carbocycles. The molecule has 1 aromatic carbocycles. The van der Waals surface area contributed by atoms with E-state index in [1.165, 1.54) is 0 Å². The smallest absolute Gasteiger partial charge is 0.160 e. The zero-order valence-electron chi connectivity index (χ0n) is 11.2. The van der Waals surface area contributed by atoms with Gasteiger partial charge in [-0.3, -0.25) is 0 Å². The lowest BCUT2D eigenvalue weighted by Gasteiger charge is -2.40. The Labute approximate surface area is 111 Å². The Bertz CT molecular complexity index is 597. The fraction of sp³-hybridized carbons (Fsp3) is 0.538. The quantitative estimate of drug-likeness (QED) is 0.832. The van der Waals surface area contributed by atoms with Crippen LogP contribution in [0.2, 0.25) is 0 Å². The van der Waals surface area contributed by atoms with Gasteiger partial charge in [-0.15, -0.1) is 0 Å². The zero-order valence-corrected chi connectivity index (χ0v) is 11.2. The Balaban J connectivity index is 2.00. The number of anilines is 2. The highest BCUT2D eigenvalue weighted by molar-refractivity contribution is 5.95. The first kappa shape index (κ1) is 12.2. The molecular weight excluding hydrogens is 244 g/mol. The molecule has 0 radical (unpaired) electrons. The first-order chi connectivity index (χ1) is 9.13. The average Bonchev–Trinajstić information content (AvgIpc) is 2.89. The van der Waals surface area contributed by atoms with E-state index < -0.39 is 0 Å². The minimum Gasteiger partial charge on any atom is -0.397 e. The van der Waals surface area contributed by atoms with E-state index in [1.54, 1.807) is 7.11 Å². The van der Waals surface area contributed by atoms with Crippen molar-refractivity contribution in [3.05, 3.63) is 12.1 Å². The van der Waals surface area contributed by atoms with Crippen molar-refractivity contribution in [2.45, 2.75) is 25.4 Å². The molecule has 6 heteroatoms. The van der Waals surface area contributed by atoms with E-state index in [4.69, 9.17) is 15.1 Å². The summed E-state index contributed by atoms with van der Waals surface area (Å²) in [6.45, 7) is 3.94. The molecule has 1 aromatic heterocycles. The van der Waals surface area contributed by atoms with Crippen molar-refractivity contribution in [1.82, 2.24) is 10.3 Å². The Morgan fingerprint density at radius 1 is 1.37 bits per heavy atom. The van der Waals surface area contributed by atoms with Crippen LogP contribution in [0.25, 0.3) is 11.0 Å². The maximum Gasteiger partial charge on any atom is 0.160 e. The van der Waals surface area contributed by atoms with Crippen LogP contribution in [0.15, 0.2) is 16.8 Å². The minimum atomic E-state index is -0.122. The Kier molecular flexibility index (Phi) is 2.82. The predicted octanol–water partition coefficient (Wildman–Crippen LogP) is 1.81. The van der Waals surface area contributed by atoms with Gasteiger partial charge >= 0.3 is 0 Å². The van der Waals surface area contributed by atoms with Gasteiger partial charge in [0.05, 0.1) is 17.0 Å². The monoisotopic (exact) mass is 262 g/mol. The van der Waals surface area contributed by atoms with Crippen molar-refractivity contribution in [2.24, 2.45) is 0 Å². The topological polar surface area (TPSA) is 77.4 Å². The van der Waals surface area contributed by atoms with Gasteiger partial charge in [-0.1, -0.05) is 0 Å². The van der Waals surface area contributed by atoms with Gasteiger partial charge in [0.1, 0.15) is 0 Å². The standard InChI is InChI=1S/C13H18N4O2/c1-13(18-2)6-3-7-17(8-13)10-5-4-9(14)11-12(10)16-19-15-11/h4-5H,3,6-8,14H2,1-2H3. The maximum atomic E-state index is 5.87. The van der Waals surface area contributed by atoms with Crippen LogP contribution in [-0.4, -0.2) is 36.1 Å². The first-order valence-corrected chi connectivity index (χ1v) is 6.44. The minimum absolute atomic E-state index is 0.122. The summed E-state index contributed by atoms with van der Waals surface area (Å²) in [5.41, 5.74) is 8.70. The van der Waals surface area contributed by atoms with Crippen LogP contribution in [0.1, 0.15) is 19.8 Å². The van der Waals surface area contributed by atoms with Gasteiger partial charge in [0.15, 0.2) is 11.0 Å². The third kappa shape index (κ3) is 2.02. The second-order valence-corrected chi connectivity index (χ2v) is 5.31. The van der Waals surface area contributed by atoms with E-state index in [1.807, 2.05) is 12.1 Å². The van der Waals surface area contributed by atoms with Crippen molar-refractivity contribution in [2.75, 3.05) is 30.8 Å². The van der Waals surface area contributed by atoms with Gasteiger partial charge in [0.25, 0.3) is 0 Å². The number of nitrogen functional groups attached to an aromatic ring is 1. The van der Waals surface area contributed by atoms with Gasteiger partial charge in [-0.25, -0.2) is 4.63 Å². The molecule has 1 aliphatic heterocycles. The second kappa shape index (κ2) is 4.38. The summed E-state index contributed by atoms with van der Waals surface area (Å²) in [4.78, 5) is 2.26. The number of piperidine rings is 1. The third-order valence-electron chi connectivity index (χ3n) is 3.92. The molecule has 1 fully saturated rings. The van der Waals surface area contributed by atoms with E-state index in [0.29, 0.717) is 11.2 Å². The summed E-state index contributed by atoms with van der Waals surface area (Å²) in [5.74, 6) is 0. The van der Waals surface area contributed by atoms with Crippen LogP contribution >= 0.6 is 0 Å². The number of hydrogen-bond acceptors (Lipinski definition) is 6. The van der Waals surface area contributed by atoms with E-state index in [9.17, 15) is 0 Å². The molecule has 2 N–H and O–H groups in total. The van der Waals surface area contributed by atoms with E-state index >= 15 is 0 Å². The van der Waals surface area contributed by atoms with Crippen molar-refractivity contribution in [1.29, 1.82) is 0 Å². The van der Waals surface area contributed by atoms with Gasteiger partial charge in [-0.05, 0) is 42.2 Å². The SMILES string of the molecule is COC1(C)CCCN(c2ccc(N)c3nonc23)C1. The summed E-state index contributed by atoms with van der Waals surface area (Å²) in [5, 5.41) is 7.84. The number of hydrogen-bond donors (Lipinski definition) is 1. The normalized spacial score (nSPS) is 24.0. The first-order valence-electron chi connectivity index (χ1n) is 6.44. The maximum absolute atomic E-state index is 5.87. The van der Waals surface area contributed by atoms with Crippen LogP contribution < -0.4 is 10.6 Å². The van der Waals surface area contributed by atoms with Crippen molar-refractivity contribution in [3.8, 4) is 0 Å². The predicted molar refractivity (Wildman–Crippen MR) is 73.1 cm³/mol. The molecular formula is C13H18N4O2. The zero-order chi connectivity index (χ0) is 13.5. The highest BCUT2D eigenvalue weighted by Crippen LogP contribution is 2.33. The summed E-state index contributed by atoms with van der Waals surface area (Å²) in [7, 11) is 1.76. The summed E-state index contributed by atoms with van der Waals surface area (Å²) in [6, 6.07) is 3.82. The molecule has 1 unspecified atom stereocenters. The number of ether oxygens (including phenoxy) is 1. The van der Waals surface area contributed by atoms with E-state index in [-0.39, 0.29) is 5.60 Å². The Hall–Kier alpha value is -1.82. The fourth-order valence-electron chi connectivity index (χ4n) is 2.71. The molecule has 2 heterocycles. The van der Waals surface area contributed by atoms with Crippen LogP contribution in [0.3, 0.4) is 0 Å². The molecule has 1 atom stereocenters. The molecule has 1 aliphatic rings. The highest BCUT2D eigenvalue weighted by Gasteiger charge is 2.32. The molecule has 102 valence electrons. The fourth-order valence-corrected chi connectivity index (χ4v) is 2.71. The van der Waals surface area contributed by atoms with Crippen LogP contribution in [0.5, 0.6) is 0 Å². The number of benzene rings is 1. The van der Waals surface area contributed by atoms with Crippen molar-refractivity contribution in [3.63, 3.8) is 0 Å². The second-order valence-electron chi connectivity index (χ2n) is 5.31. The molecule has 3 rings (SSSR count). The highest BCUT2D eigenvalue weighted by atomic mass is 16.6. The van der Waals surface area contributed by atoms with Gasteiger partial charge in [-0.2, -0.15) is 0 Å². The average molecular weight is 262 g/mol. The number of rotatable bonds is 2. The summed E-state index contributed by atoms with van der Waals surface area (Å²) >= 11 is 0. The van der Waals surface area contributed by atoms with Gasteiger partial charge < -0.3 is 15.4 Å². The molecule has 1 saturated heterocycles. The van der Waals surface area contributed by atoms with Crippen molar-refractivity contribution >= 4 is 22.4 Å².